The zero-order valence-electron chi connectivity index (χ0n) is 13.6. The molecule has 1 saturated carbocycles. The first kappa shape index (κ1) is 16.5. The van der Waals surface area contributed by atoms with E-state index in [9.17, 15) is 0 Å². The Kier molecular flexibility index (Phi) is 4.93. The third-order valence-corrected chi connectivity index (χ3v) is 3.62. The number of H-pyrrole nitrogens is 1. The molecule has 25 heavy (non-hydrogen) atoms. The maximum atomic E-state index is 8.36. The standard InChI is InChI=1S/C15H16N6O.CH2O2/c1-22-13-5-11-9(7-18-21-11)4-12(13)20-15-6-14(16-8-17-15)19-10-2-3-10;2-1-3/h4-8,10H,2-3H2,1H3,(H,18,21)(H2,16,17,19,20);1H,(H,2,3). The molecule has 9 nitrogen and oxygen atoms in total. The molecule has 4 N–H and O–H groups in total. The molecule has 0 amide bonds. The predicted octanol–water partition coefficient (Wildman–Crippen LogP) is 2.38. The van der Waals surface area contributed by atoms with E-state index in [0.29, 0.717) is 6.04 Å². The molecule has 130 valence electrons. The monoisotopic (exact) mass is 342 g/mol. The van der Waals surface area contributed by atoms with E-state index >= 15 is 0 Å². The average molecular weight is 342 g/mol. The van der Waals surface area contributed by atoms with Gasteiger partial charge in [-0.1, -0.05) is 0 Å². The minimum Gasteiger partial charge on any atom is -0.494 e. The summed E-state index contributed by atoms with van der Waals surface area (Å²) >= 11 is 0. The highest BCUT2D eigenvalue weighted by molar-refractivity contribution is 5.86. The number of methoxy groups -OCH3 is 1. The number of benzene rings is 1. The van der Waals surface area contributed by atoms with Crippen molar-refractivity contribution in [3.63, 3.8) is 0 Å². The first-order chi connectivity index (χ1) is 12.2. The van der Waals surface area contributed by atoms with Crippen LogP contribution in [0.2, 0.25) is 0 Å². The van der Waals surface area contributed by atoms with Crippen LogP contribution in [0.5, 0.6) is 5.75 Å². The highest BCUT2D eigenvalue weighted by Gasteiger charge is 2.21. The summed E-state index contributed by atoms with van der Waals surface area (Å²) in [6, 6.07) is 6.35. The topological polar surface area (TPSA) is 125 Å². The minimum atomic E-state index is -0.250. The summed E-state index contributed by atoms with van der Waals surface area (Å²) in [4.78, 5) is 16.9. The quantitative estimate of drug-likeness (QED) is 0.521. The zero-order valence-corrected chi connectivity index (χ0v) is 13.6. The number of carboxylic acid groups (broad SMARTS) is 1. The van der Waals surface area contributed by atoms with Gasteiger partial charge in [-0.15, -0.1) is 0 Å². The Morgan fingerprint density at radius 2 is 2.04 bits per heavy atom. The molecule has 0 bridgehead atoms. The molecule has 2 aromatic heterocycles. The molecule has 1 aliphatic carbocycles. The molecular weight excluding hydrogens is 324 g/mol. The number of nitrogens with zero attached hydrogens (tertiary/aromatic N) is 3. The third-order valence-electron chi connectivity index (χ3n) is 3.62. The molecule has 0 radical (unpaired) electrons. The van der Waals surface area contributed by atoms with Crippen molar-refractivity contribution >= 4 is 34.7 Å². The normalized spacial score (nSPS) is 12.8. The molecule has 1 aliphatic rings. The van der Waals surface area contributed by atoms with Gasteiger partial charge in [-0.25, -0.2) is 9.97 Å². The molecule has 3 aromatic rings. The highest BCUT2D eigenvalue weighted by atomic mass is 16.5. The van der Waals surface area contributed by atoms with Crippen molar-refractivity contribution in [2.24, 2.45) is 0 Å². The van der Waals surface area contributed by atoms with Crippen LogP contribution in [-0.4, -0.2) is 44.9 Å². The Bertz CT molecular complexity index is 862. The Morgan fingerprint density at radius 3 is 2.76 bits per heavy atom. The van der Waals surface area contributed by atoms with Crippen molar-refractivity contribution < 1.29 is 14.6 Å². The number of aromatic nitrogens is 4. The van der Waals surface area contributed by atoms with Gasteiger partial charge in [0, 0.05) is 23.6 Å². The number of fused-ring (bicyclic) bond motifs is 1. The van der Waals surface area contributed by atoms with Crippen LogP contribution in [0.15, 0.2) is 30.7 Å². The lowest BCUT2D eigenvalue weighted by molar-refractivity contribution is -0.122. The molecule has 2 heterocycles. The summed E-state index contributed by atoms with van der Waals surface area (Å²) in [5.74, 6) is 2.29. The van der Waals surface area contributed by atoms with Crippen LogP contribution in [0, 0.1) is 0 Å². The fourth-order valence-corrected chi connectivity index (χ4v) is 2.32. The van der Waals surface area contributed by atoms with E-state index in [1.54, 1.807) is 19.6 Å². The van der Waals surface area contributed by atoms with Gasteiger partial charge in [-0.2, -0.15) is 5.10 Å². The predicted molar refractivity (Wildman–Crippen MR) is 93.3 cm³/mol. The molecule has 9 heteroatoms. The molecule has 0 spiro atoms. The summed E-state index contributed by atoms with van der Waals surface area (Å²) in [5, 5.41) is 21.5. The molecule has 1 aromatic carbocycles. The number of anilines is 3. The van der Waals surface area contributed by atoms with Gasteiger partial charge in [0.15, 0.2) is 0 Å². The van der Waals surface area contributed by atoms with E-state index in [-0.39, 0.29) is 6.47 Å². The number of ether oxygens (including phenoxy) is 1. The summed E-state index contributed by atoms with van der Waals surface area (Å²) in [6.07, 6.45) is 5.74. The van der Waals surface area contributed by atoms with Crippen LogP contribution in [0.25, 0.3) is 10.9 Å². The smallest absolute Gasteiger partial charge is 0.290 e. The Balaban J connectivity index is 0.000000569. The number of rotatable bonds is 5. The van der Waals surface area contributed by atoms with Crippen LogP contribution in [-0.2, 0) is 4.79 Å². The van der Waals surface area contributed by atoms with Crippen LogP contribution >= 0.6 is 0 Å². The van der Waals surface area contributed by atoms with E-state index in [0.717, 1.165) is 34.0 Å². The number of carbonyl (C=O) groups is 1. The number of aromatic amines is 1. The molecule has 0 atom stereocenters. The van der Waals surface area contributed by atoms with E-state index in [1.165, 1.54) is 12.8 Å². The second-order valence-electron chi connectivity index (χ2n) is 5.45. The molecule has 0 unspecified atom stereocenters. The van der Waals surface area contributed by atoms with Gasteiger partial charge in [0.05, 0.1) is 24.5 Å². The highest BCUT2D eigenvalue weighted by Crippen LogP contribution is 2.32. The van der Waals surface area contributed by atoms with Crippen molar-refractivity contribution in [1.82, 2.24) is 20.2 Å². The van der Waals surface area contributed by atoms with Crippen LogP contribution < -0.4 is 15.4 Å². The average Bonchev–Trinajstić information content (AvgIpc) is 3.30. The lowest BCUT2D eigenvalue weighted by Gasteiger charge is -2.11. The van der Waals surface area contributed by atoms with Gasteiger partial charge in [-0.3, -0.25) is 9.89 Å². The van der Waals surface area contributed by atoms with Gasteiger partial charge in [0.25, 0.3) is 6.47 Å². The molecular formula is C16H18N6O3. The second kappa shape index (κ2) is 7.47. The molecule has 1 fully saturated rings. The minimum absolute atomic E-state index is 0.250. The first-order valence-corrected chi connectivity index (χ1v) is 7.68. The van der Waals surface area contributed by atoms with E-state index in [1.807, 2.05) is 18.2 Å². The van der Waals surface area contributed by atoms with Crippen LogP contribution in [0.4, 0.5) is 17.3 Å². The Labute approximate surface area is 143 Å². The maximum absolute atomic E-state index is 8.36. The van der Waals surface area contributed by atoms with Gasteiger partial charge < -0.3 is 20.5 Å². The maximum Gasteiger partial charge on any atom is 0.290 e. The van der Waals surface area contributed by atoms with Gasteiger partial charge >= 0.3 is 0 Å². The van der Waals surface area contributed by atoms with E-state index in [2.05, 4.69) is 30.8 Å². The van der Waals surface area contributed by atoms with Gasteiger partial charge in [0.2, 0.25) is 0 Å². The first-order valence-electron chi connectivity index (χ1n) is 7.68. The number of nitrogens with one attached hydrogen (secondary N) is 3. The Morgan fingerprint density at radius 1 is 1.28 bits per heavy atom. The summed E-state index contributed by atoms with van der Waals surface area (Å²) < 4.78 is 5.43. The SMILES string of the molecule is COc1cc2[nH]ncc2cc1Nc1cc(NC2CC2)ncn1.O=CO. The molecule has 4 rings (SSSR count). The second-order valence-corrected chi connectivity index (χ2v) is 5.45. The van der Waals surface area contributed by atoms with Crippen molar-refractivity contribution in [1.29, 1.82) is 0 Å². The van der Waals surface area contributed by atoms with E-state index in [4.69, 9.17) is 14.6 Å². The van der Waals surface area contributed by atoms with Crippen LogP contribution in [0.1, 0.15) is 12.8 Å². The van der Waals surface area contributed by atoms with E-state index < -0.39 is 0 Å². The molecule has 0 saturated heterocycles. The van der Waals surface area contributed by atoms with Crippen molar-refractivity contribution in [3.8, 4) is 5.75 Å². The summed E-state index contributed by atoms with van der Waals surface area (Å²) in [7, 11) is 1.64. The fraction of sp³-hybridized carbons (Fsp3) is 0.250. The fourth-order valence-electron chi connectivity index (χ4n) is 2.32. The van der Waals surface area contributed by atoms with Crippen molar-refractivity contribution in [2.45, 2.75) is 18.9 Å². The van der Waals surface area contributed by atoms with Gasteiger partial charge in [-0.05, 0) is 18.9 Å². The zero-order chi connectivity index (χ0) is 17.6. The lowest BCUT2D eigenvalue weighted by Crippen LogP contribution is -2.04. The summed E-state index contributed by atoms with van der Waals surface area (Å²) in [6.45, 7) is -0.250. The number of hydrogen-bond donors (Lipinski definition) is 4. The lowest BCUT2D eigenvalue weighted by atomic mass is 10.2. The Hall–Kier alpha value is -3.36. The van der Waals surface area contributed by atoms with Crippen molar-refractivity contribution in [2.75, 3.05) is 17.7 Å². The molecule has 0 aliphatic heterocycles. The summed E-state index contributed by atoms with van der Waals surface area (Å²) in [5.41, 5.74) is 1.77. The number of hydrogen-bond acceptors (Lipinski definition) is 7. The largest absolute Gasteiger partial charge is 0.494 e. The van der Waals surface area contributed by atoms with Gasteiger partial charge in [0.1, 0.15) is 23.7 Å². The third kappa shape index (κ3) is 4.14. The van der Waals surface area contributed by atoms with Crippen molar-refractivity contribution in [3.05, 3.63) is 30.7 Å². The van der Waals surface area contributed by atoms with Crippen LogP contribution in [0.3, 0.4) is 0 Å².